The van der Waals surface area contributed by atoms with Gasteiger partial charge < -0.3 is 15.2 Å². The van der Waals surface area contributed by atoms with Crippen molar-refractivity contribution in [1.82, 2.24) is 20.1 Å². The number of nitrogens with one attached hydrogen (secondary N) is 2. The van der Waals surface area contributed by atoms with E-state index in [0.29, 0.717) is 12.0 Å². The molecule has 1 aromatic carbocycles. The fourth-order valence-corrected chi connectivity index (χ4v) is 5.22. The van der Waals surface area contributed by atoms with Gasteiger partial charge in [-0.15, -0.1) is 0 Å². The highest BCUT2D eigenvalue weighted by atomic mass is 16.2. The third kappa shape index (κ3) is 3.22. The maximum Gasteiger partial charge on any atom is 0.317 e. The first-order valence-corrected chi connectivity index (χ1v) is 10.5. The molecule has 146 valence electrons. The van der Waals surface area contributed by atoms with Crippen molar-refractivity contribution in [2.24, 2.45) is 0 Å². The minimum absolute atomic E-state index is 0.0799. The van der Waals surface area contributed by atoms with Gasteiger partial charge in [0.1, 0.15) is 0 Å². The number of aromatic nitrogens is 1. The molecule has 3 atom stereocenters. The van der Waals surface area contributed by atoms with E-state index in [1.165, 1.54) is 22.0 Å². The van der Waals surface area contributed by atoms with Crippen LogP contribution >= 0.6 is 0 Å². The molecule has 1 unspecified atom stereocenters. The SMILES string of the molecule is CCCN1CC(NC(=O)N(CC)CC)C[C@@H]2c3cccc4[nH]cc(c34)C[C@H]21. The first kappa shape index (κ1) is 18.4. The summed E-state index contributed by atoms with van der Waals surface area (Å²) in [5.74, 6) is 0.485. The Balaban J connectivity index is 1.63. The second-order valence-electron chi connectivity index (χ2n) is 8.01. The van der Waals surface area contributed by atoms with Crippen LogP contribution in [0.1, 0.15) is 50.7 Å². The predicted molar refractivity (Wildman–Crippen MR) is 110 cm³/mol. The van der Waals surface area contributed by atoms with E-state index < -0.39 is 0 Å². The van der Waals surface area contributed by atoms with Gasteiger partial charge in [-0.3, -0.25) is 4.90 Å². The Hall–Kier alpha value is -2.01. The van der Waals surface area contributed by atoms with Crippen molar-refractivity contribution in [3.05, 3.63) is 35.5 Å². The zero-order valence-corrected chi connectivity index (χ0v) is 16.8. The summed E-state index contributed by atoms with van der Waals surface area (Å²) in [6.07, 6.45) is 5.48. The van der Waals surface area contributed by atoms with Crippen molar-refractivity contribution in [2.45, 2.75) is 58.0 Å². The van der Waals surface area contributed by atoms with Crippen LogP contribution in [0.25, 0.3) is 10.9 Å². The molecule has 0 saturated carbocycles. The Bertz CT molecular complexity index is 810. The van der Waals surface area contributed by atoms with Gasteiger partial charge in [0.15, 0.2) is 0 Å². The van der Waals surface area contributed by atoms with E-state index in [4.69, 9.17) is 0 Å². The standard InChI is InChI=1S/C22H32N4O/c1-4-10-26-14-16(24-22(27)25(5-2)6-3)12-18-17-8-7-9-19-21(17)15(13-23-19)11-20(18)26/h7-9,13,16,18,20,23H,4-6,10-12,14H2,1-3H3,(H,24,27)/t16?,18-,20-/m1/s1. The summed E-state index contributed by atoms with van der Waals surface area (Å²) in [7, 11) is 0. The number of aromatic amines is 1. The van der Waals surface area contributed by atoms with E-state index in [9.17, 15) is 4.79 Å². The fraction of sp³-hybridized carbons (Fsp3) is 0.591. The fourth-order valence-electron chi connectivity index (χ4n) is 5.22. The van der Waals surface area contributed by atoms with Crippen LogP contribution in [0.4, 0.5) is 4.79 Å². The molecule has 1 aliphatic carbocycles. The monoisotopic (exact) mass is 368 g/mol. The average molecular weight is 369 g/mol. The quantitative estimate of drug-likeness (QED) is 0.845. The Morgan fingerprint density at radius 3 is 2.85 bits per heavy atom. The summed E-state index contributed by atoms with van der Waals surface area (Å²) in [6, 6.07) is 7.48. The molecule has 5 nitrogen and oxygen atoms in total. The van der Waals surface area contributed by atoms with Gasteiger partial charge in [-0.25, -0.2) is 4.79 Å². The lowest BCUT2D eigenvalue weighted by molar-refractivity contribution is 0.0980. The third-order valence-corrected chi connectivity index (χ3v) is 6.46. The Labute approximate surface area is 162 Å². The minimum atomic E-state index is 0.0799. The molecule has 2 amide bonds. The molecular weight excluding hydrogens is 336 g/mol. The summed E-state index contributed by atoms with van der Waals surface area (Å²) < 4.78 is 0. The molecule has 2 heterocycles. The number of likely N-dealkylation sites (tertiary alicyclic amines) is 1. The van der Waals surface area contributed by atoms with Gasteiger partial charge in [0.2, 0.25) is 0 Å². The molecule has 1 aliphatic heterocycles. The maximum absolute atomic E-state index is 12.6. The number of hydrogen-bond acceptors (Lipinski definition) is 2. The van der Waals surface area contributed by atoms with Crippen LogP contribution in [0.2, 0.25) is 0 Å². The van der Waals surface area contributed by atoms with E-state index >= 15 is 0 Å². The summed E-state index contributed by atoms with van der Waals surface area (Å²) >= 11 is 0. The number of carbonyl (C=O) groups is 1. The van der Waals surface area contributed by atoms with Gasteiger partial charge in [-0.2, -0.15) is 0 Å². The smallest absolute Gasteiger partial charge is 0.317 e. The molecule has 1 aromatic heterocycles. The second kappa shape index (κ2) is 7.55. The van der Waals surface area contributed by atoms with E-state index in [-0.39, 0.29) is 12.1 Å². The van der Waals surface area contributed by atoms with Gasteiger partial charge >= 0.3 is 6.03 Å². The number of amides is 2. The number of urea groups is 1. The van der Waals surface area contributed by atoms with Crippen LogP contribution in [0, 0.1) is 0 Å². The lowest BCUT2D eigenvalue weighted by atomic mass is 9.74. The number of H-pyrrole nitrogens is 1. The van der Waals surface area contributed by atoms with Crippen molar-refractivity contribution >= 4 is 16.9 Å². The molecule has 0 bridgehead atoms. The lowest BCUT2D eigenvalue weighted by Gasteiger charge is -2.47. The predicted octanol–water partition coefficient (Wildman–Crippen LogP) is 3.71. The van der Waals surface area contributed by atoms with Crippen molar-refractivity contribution < 1.29 is 4.79 Å². The van der Waals surface area contributed by atoms with Crippen LogP contribution in [-0.2, 0) is 6.42 Å². The average Bonchev–Trinajstić information content (AvgIpc) is 3.08. The molecule has 27 heavy (non-hydrogen) atoms. The van der Waals surface area contributed by atoms with E-state index in [1.54, 1.807) is 0 Å². The zero-order valence-electron chi connectivity index (χ0n) is 16.8. The number of fused-ring (bicyclic) bond motifs is 2. The third-order valence-electron chi connectivity index (χ3n) is 6.46. The second-order valence-corrected chi connectivity index (χ2v) is 8.01. The van der Waals surface area contributed by atoms with Crippen molar-refractivity contribution in [3.8, 4) is 0 Å². The summed E-state index contributed by atoms with van der Waals surface area (Å²) in [6.45, 7) is 9.89. The molecule has 2 aromatic rings. The Kier molecular flexibility index (Phi) is 5.13. The summed E-state index contributed by atoms with van der Waals surface area (Å²) in [5.41, 5.74) is 4.16. The topological polar surface area (TPSA) is 51.4 Å². The molecule has 2 aliphatic rings. The highest BCUT2D eigenvalue weighted by Gasteiger charge is 2.41. The molecule has 1 fully saturated rings. The maximum atomic E-state index is 12.6. The molecule has 1 saturated heterocycles. The largest absolute Gasteiger partial charge is 0.361 e. The van der Waals surface area contributed by atoms with Crippen LogP contribution in [0.3, 0.4) is 0 Å². The number of carbonyl (C=O) groups excluding carboxylic acids is 1. The summed E-state index contributed by atoms with van der Waals surface area (Å²) in [4.78, 5) is 20.6. The highest BCUT2D eigenvalue weighted by molar-refractivity contribution is 5.88. The number of nitrogens with zero attached hydrogens (tertiary/aromatic N) is 2. The van der Waals surface area contributed by atoms with E-state index in [2.05, 4.69) is 46.5 Å². The Morgan fingerprint density at radius 2 is 2.11 bits per heavy atom. The molecule has 5 heteroatoms. The van der Waals surface area contributed by atoms with Gasteiger partial charge in [0, 0.05) is 54.7 Å². The van der Waals surface area contributed by atoms with Crippen molar-refractivity contribution in [3.63, 3.8) is 0 Å². The van der Waals surface area contributed by atoms with Crippen LogP contribution in [0.5, 0.6) is 0 Å². The molecule has 0 radical (unpaired) electrons. The highest BCUT2D eigenvalue weighted by Crippen LogP contribution is 2.43. The normalized spacial score (nSPS) is 24.6. The van der Waals surface area contributed by atoms with Crippen LogP contribution in [0.15, 0.2) is 24.4 Å². The van der Waals surface area contributed by atoms with Gasteiger partial charge in [-0.05, 0) is 56.8 Å². The van der Waals surface area contributed by atoms with Gasteiger partial charge in [0.25, 0.3) is 0 Å². The first-order chi connectivity index (χ1) is 13.2. The number of benzene rings is 1. The number of hydrogen-bond donors (Lipinski definition) is 2. The van der Waals surface area contributed by atoms with Crippen LogP contribution in [-0.4, -0.2) is 59.1 Å². The molecular formula is C22H32N4O. The first-order valence-electron chi connectivity index (χ1n) is 10.5. The molecule has 4 rings (SSSR count). The number of piperidine rings is 1. The minimum Gasteiger partial charge on any atom is -0.361 e. The van der Waals surface area contributed by atoms with Crippen molar-refractivity contribution in [2.75, 3.05) is 26.2 Å². The lowest BCUT2D eigenvalue weighted by Crippen LogP contribution is -2.57. The Morgan fingerprint density at radius 1 is 1.30 bits per heavy atom. The number of rotatable bonds is 5. The van der Waals surface area contributed by atoms with E-state index in [1.807, 2.05) is 18.7 Å². The van der Waals surface area contributed by atoms with Crippen molar-refractivity contribution in [1.29, 1.82) is 0 Å². The zero-order chi connectivity index (χ0) is 19.0. The van der Waals surface area contributed by atoms with Gasteiger partial charge in [-0.1, -0.05) is 19.1 Å². The molecule has 0 spiro atoms. The van der Waals surface area contributed by atoms with Crippen LogP contribution < -0.4 is 5.32 Å². The van der Waals surface area contributed by atoms with Gasteiger partial charge in [0.05, 0.1) is 0 Å². The summed E-state index contributed by atoms with van der Waals surface area (Å²) in [5, 5.41) is 4.75. The van der Waals surface area contributed by atoms with E-state index in [0.717, 1.165) is 45.4 Å². The molecule has 2 N–H and O–H groups in total.